The van der Waals surface area contributed by atoms with Gasteiger partial charge in [-0.3, -0.25) is 0 Å². The van der Waals surface area contributed by atoms with Crippen LogP contribution in [0, 0.1) is 0 Å². The number of nitrogens with zero attached hydrogens (tertiary/aromatic N) is 1. The molecule has 0 unspecified atom stereocenters. The Labute approximate surface area is 110 Å². The first-order chi connectivity index (χ1) is 8.16. The molecule has 0 fully saturated rings. The number of unbranched alkanes of at least 4 members (excludes halogenated alkanes) is 1. The van der Waals surface area contributed by atoms with E-state index in [1.807, 2.05) is 24.3 Å². The van der Waals surface area contributed by atoms with Crippen molar-refractivity contribution in [2.24, 2.45) is 0 Å². The molecule has 85 valence electrons. The van der Waals surface area contributed by atoms with E-state index < -0.39 is 5.97 Å². The van der Waals surface area contributed by atoms with E-state index in [-0.39, 0.29) is 0 Å². The fourth-order valence-corrected chi connectivity index (χ4v) is 3.57. The van der Waals surface area contributed by atoms with Gasteiger partial charge >= 0.3 is 110 Å². The summed E-state index contributed by atoms with van der Waals surface area (Å²) < 4.78 is 3.15. The van der Waals surface area contributed by atoms with Crippen molar-refractivity contribution < 1.29 is 28.2 Å². The molecule has 0 bridgehead atoms. The molecule has 0 saturated carbocycles. The molecule has 2 rings (SSSR count). The number of carbonyl (C=O) groups is 1. The number of carboxylic acids is 1. The number of aromatic nitrogens is 1. The fraction of sp³-hybridized carbons (Fsp3) is 0.308. The van der Waals surface area contributed by atoms with Crippen molar-refractivity contribution in [3.05, 3.63) is 29.8 Å². The van der Waals surface area contributed by atoms with Gasteiger partial charge in [-0.15, -0.1) is 0 Å². The zero-order chi connectivity index (χ0) is 12.4. The Morgan fingerprint density at radius 2 is 2.12 bits per heavy atom. The molecule has 1 aromatic heterocycles. The maximum atomic E-state index is 11.3. The zero-order valence-corrected chi connectivity index (χ0v) is 12.9. The Balaban J connectivity index is 2.66. The molecule has 0 aliphatic rings. The summed E-state index contributed by atoms with van der Waals surface area (Å²) >= 11 is 0.875. The van der Waals surface area contributed by atoms with Crippen LogP contribution in [0.5, 0.6) is 0 Å². The number of para-hydroxylation sites is 1. The summed E-state index contributed by atoms with van der Waals surface area (Å²) in [7, 11) is 0. The average molecular weight is 282 g/mol. The Morgan fingerprint density at radius 1 is 1.41 bits per heavy atom. The second-order valence-electron chi connectivity index (χ2n) is 4.15. The second kappa shape index (κ2) is 5.01. The predicted molar refractivity (Wildman–Crippen MR) is 63.4 cm³/mol. The Bertz CT molecular complexity index is 560. The normalized spacial score (nSPS) is 11.0. The molecule has 2 aromatic rings. The molecule has 1 heterocycles. The SMILES string of the molecule is CCCCn1[c]([Zn])c(C(=O)O)c2ccccc21. The molecular formula is C13H14NO2Zn. The van der Waals surface area contributed by atoms with E-state index in [2.05, 4.69) is 11.5 Å². The maximum absolute atomic E-state index is 11.3. The summed E-state index contributed by atoms with van der Waals surface area (Å²) in [6.07, 6.45) is 2.21. The quantitative estimate of drug-likeness (QED) is 0.874. The van der Waals surface area contributed by atoms with Crippen molar-refractivity contribution >= 4 is 21.2 Å². The van der Waals surface area contributed by atoms with Crippen LogP contribution < -0.4 is 4.29 Å². The van der Waals surface area contributed by atoms with Crippen molar-refractivity contribution in [1.29, 1.82) is 0 Å². The average Bonchev–Trinajstić information content (AvgIpc) is 2.58. The summed E-state index contributed by atoms with van der Waals surface area (Å²) in [4.78, 5) is 11.3. The fourth-order valence-electron chi connectivity index (χ4n) is 2.17. The van der Waals surface area contributed by atoms with E-state index in [1.54, 1.807) is 0 Å². The van der Waals surface area contributed by atoms with Gasteiger partial charge in [0.25, 0.3) is 0 Å². The van der Waals surface area contributed by atoms with Crippen molar-refractivity contribution in [2.45, 2.75) is 26.3 Å². The van der Waals surface area contributed by atoms with E-state index in [4.69, 9.17) is 0 Å². The number of benzene rings is 1. The van der Waals surface area contributed by atoms with Gasteiger partial charge in [0.1, 0.15) is 0 Å². The summed E-state index contributed by atoms with van der Waals surface area (Å²) in [5.41, 5.74) is 1.55. The molecule has 4 heteroatoms. The zero-order valence-electron chi connectivity index (χ0n) is 9.94. The van der Waals surface area contributed by atoms with Crippen LogP contribution in [0.1, 0.15) is 30.1 Å². The van der Waals surface area contributed by atoms with Gasteiger partial charge in [-0.2, -0.15) is 0 Å². The summed E-state index contributed by atoms with van der Waals surface area (Å²) in [5, 5.41) is 10.2. The Kier molecular flexibility index (Phi) is 3.63. The molecule has 1 aromatic carbocycles. The number of rotatable bonds is 4. The van der Waals surface area contributed by atoms with Crippen LogP contribution in [0.2, 0.25) is 0 Å². The van der Waals surface area contributed by atoms with Crippen LogP contribution in [-0.4, -0.2) is 15.6 Å². The molecule has 0 amide bonds. The number of aromatic carboxylic acids is 1. The third kappa shape index (κ3) is 2.14. The molecule has 0 aliphatic carbocycles. The van der Waals surface area contributed by atoms with Gasteiger partial charge in [0.2, 0.25) is 0 Å². The molecule has 0 aliphatic heterocycles. The minimum atomic E-state index is -0.808. The van der Waals surface area contributed by atoms with Gasteiger partial charge in [0.15, 0.2) is 0 Å². The van der Waals surface area contributed by atoms with Crippen molar-refractivity contribution in [3.63, 3.8) is 0 Å². The number of aryl methyl sites for hydroxylation is 1. The standard InChI is InChI=1S/C13H14NO2.Zn/c1-2-3-8-14-9-11(13(15)16)10-6-4-5-7-12(10)14;/h4-7H,2-3,8H2,1H3,(H,15,16);. The van der Waals surface area contributed by atoms with Crippen LogP contribution in [-0.2, 0) is 24.8 Å². The van der Waals surface area contributed by atoms with E-state index >= 15 is 0 Å². The second-order valence-corrected chi connectivity index (χ2v) is 5.55. The Hall–Kier alpha value is -1.15. The molecule has 0 spiro atoms. The molecular weight excluding hydrogens is 268 g/mol. The van der Waals surface area contributed by atoms with E-state index in [9.17, 15) is 9.90 Å². The van der Waals surface area contributed by atoms with Crippen molar-refractivity contribution in [1.82, 2.24) is 4.57 Å². The summed E-state index contributed by atoms with van der Waals surface area (Å²) in [6.45, 7) is 3.06. The first kappa shape index (κ1) is 12.3. The molecule has 3 nitrogen and oxygen atoms in total. The van der Waals surface area contributed by atoms with Gasteiger partial charge in [0, 0.05) is 0 Å². The van der Waals surface area contributed by atoms with Gasteiger partial charge < -0.3 is 0 Å². The third-order valence-electron chi connectivity index (χ3n) is 3.03. The van der Waals surface area contributed by atoms with Crippen LogP contribution in [0.4, 0.5) is 0 Å². The van der Waals surface area contributed by atoms with E-state index in [0.29, 0.717) is 5.56 Å². The number of hydrogen-bond acceptors (Lipinski definition) is 1. The van der Waals surface area contributed by atoms with Gasteiger partial charge in [-0.1, -0.05) is 0 Å². The van der Waals surface area contributed by atoms with E-state index in [0.717, 1.165) is 52.9 Å². The number of hydrogen-bond donors (Lipinski definition) is 1. The molecule has 17 heavy (non-hydrogen) atoms. The molecule has 1 N–H and O–H groups in total. The minimum absolute atomic E-state index is 0.497. The molecule has 0 radical (unpaired) electrons. The topological polar surface area (TPSA) is 42.2 Å². The third-order valence-corrected chi connectivity index (χ3v) is 4.57. The van der Waals surface area contributed by atoms with Crippen LogP contribution >= 0.6 is 0 Å². The monoisotopic (exact) mass is 280 g/mol. The molecule has 0 atom stereocenters. The van der Waals surface area contributed by atoms with Crippen molar-refractivity contribution in [2.75, 3.05) is 0 Å². The van der Waals surface area contributed by atoms with Gasteiger partial charge in [0.05, 0.1) is 0 Å². The van der Waals surface area contributed by atoms with Crippen molar-refractivity contribution in [3.8, 4) is 0 Å². The number of fused-ring (bicyclic) bond motifs is 1. The summed E-state index contributed by atoms with van der Waals surface area (Å²) in [5.74, 6) is -0.808. The Morgan fingerprint density at radius 3 is 2.76 bits per heavy atom. The summed E-state index contributed by atoms with van der Waals surface area (Å²) in [6, 6.07) is 7.78. The van der Waals surface area contributed by atoms with Crippen LogP contribution in [0.25, 0.3) is 10.9 Å². The first-order valence-corrected chi connectivity index (χ1v) is 7.31. The van der Waals surface area contributed by atoms with Gasteiger partial charge in [-0.25, -0.2) is 0 Å². The first-order valence-electron chi connectivity index (χ1n) is 5.83. The number of carboxylic acid groups (broad SMARTS) is 1. The predicted octanol–water partition coefficient (Wildman–Crippen LogP) is 2.31. The van der Waals surface area contributed by atoms with Crippen LogP contribution in [0.3, 0.4) is 0 Å². The van der Waals surface area contributed by atoms with Gasteiger partial charge in [-0.05, 0) is 0 Å². The molecule has 0 saturated heterocycles. The van der Waals surface area contributed by atoms with Crippen LogP contribution in [0.15, 0.2) is 24.3 Å². The van der Waals surface area contributed by atoms with E-state index in [1.165, 1.54) is 0 Å².